The van der Waals surface area contributed by atoms with Gasteiger partial charge in [-0.05, 0) is 37.5 Å². The lowest BCUT2D eigenvalue weighted by atomic mass is 9.76. The van der Waals surface area contributed by atoms with Gasteiger partial charge in [-0.15, -0.1) is 0 Å². The SMILES string of the molecule is CCC(CCNC(=O)C1(N)CCCC(C)C1)CCC(=O)O. The van der Waals surface area contributed by atoms with Crippen molar-refractivity contribution in [2.45, 2.75) is 70.8 Å². The number of carbonyl (C=O) groups is 2. The van der Waals surface area contributed by atoms with Gasteiger partial charge in [0.15, 0.2) is 0 Å². The average molecular weight is 298 g/mol. The van der Waals surface area contributed by atoms with Gasteiger partial charge in [-0.3, -0.25) is 9.59 Å². The molecule has 0 aromatic heterocycles. The Hall–Kier alpha value is -1.10. The van der Waals surface area contributed by atoms with Gasteiger partial charge in [0.05, 0.1) is 5.54 Å². The second-order valence-corrected chi connectivity index (χ2v) is 6.61. The topological polar surface area (TPSA) is 92.4 Å². The number of nitrogens with two attached hydrogens (primary N) is 1. The second-order valence-electron chi connectivity index (χ2n) is 6.61. The molecule has 0 aromatic rings. The predicted octanol–water partition coefficient (Wildman–Crippen LogP) is 2.29. The lowest BCUT2D eigenvalue weighted by Crippen LogP contribution is -2.56. The van der Waals surface area contributed by atoms with E-state index in [1.165, 1.54) is 0 Å². The summed E-state index contributed by atoms with van der Waals surface area (Å²) < 4.78 is 0. The zero-order valence-electron chi connectivity index (χ0n) is 13.4. The zero-order valence-corrected chi connectivity index (χ0v) is 13.4. The fraction of sp³-hybridized carbons (Fsp3) is 0.875. The molecule has 0 radical (unpaired) electrons. The number of amides is 1. The summed E-state index contributed by atoms with van der Waals surface area (Å²) in [5, 5.41) is 11.7. The minimum absolute atomic E-state index is 0.0397. The highest BCUT2D eigenvalue weighted by Crippen LogP contribution is 2.30. The number of hydrogen-bond acceptors (Lipinski definition) is 3. The van der Waals surface area contributed by atoms with Gasteiger partial charge in [0.2, 0.25) is 5.91 Å². The van der Waals surface area contributed by atoms with E-state index >= 15 is 0 Å². The maximum absolute atomic E-state index is 12.3. The number of hydrogen-bond donors (Lipinski definition) is 3. The minimum atomic E-state index is -0.755. The van der Waals surface area contributed by atoms with E-state index in [1.807, 2.05) is 0 Å². The van der Waals surface area contributed by atoms with E-state index in [0.29, 0.717) is 24.8 Å². The Morgan fingerprint density at radius 2 is 2.14 bits per heavy atom. The Labute approximate surface area is 127 Å². The van der Waals surface area contributed by atoms with Crippen molar-refractivity contribution >= 4 is 11.9 Å². The molecule has 0 bridgehead atoms. The van der Waals surface area contributed by atoms with Crippen molar-refractivity contribution in [3.05, 3.63) is 0 Å². The van der Waals surface area contributed by atoms with E-state index in [9.17, 15) is 9.59 Å². The lowest BCUT2D eigenvalue weighted by Gasteiger charge is -2.35. The average Bonchev–Trinajstić information content (AvgIpc) is 2.41. The molecule has 5 nitrogen and oxygen atoms in total. The molecule has 122 valence electrons. The Morgan fingerprint density at radius 3 is 2.71 bits per heavy atom. The van der Waals surface area contributed by atoms with Crippen molar-refractivity contribution in [2.75, 3.05) is 6.54 Å². The summed E-state index contributed by atoms with van der Waals surface area (Å²) in [5.74, 6) is 0.0607. The molecular formula is C16H30N2O3. The van der Waals surface area contributed by atoms with Crippen molar-refractivity contribution in [3.63, 3.8) is 0 Å². The van der Waals surface area contributed by atoms with Gasteiger partial charge in [0.25, 0.3) is 0 Å². The first-order valence-corrected chi connectivity index (χ1v) is 8.16. The fourth-order valence-corrected chi connectivity index (χ4v) is 3.24. The molecule has 3 unspecified atom stereocenters. The molecule has 1 rings (SSSR count). The van der Waals surface area contributed by atoms with Crippen LogP contribution in [0.15, 0.2) is 0 Å². The summed E-state index contributed by atoms with van der Waals surface area (Å²) in [5.41, 5.74) is 5.54. The molecular weight excluding hydrogens is 268 g/mol. The molecule has 4 N–H and O–H groups in total. The summed E-state index contributed by atoms with van der Waals surface area (Å²) >= 11 is 0. The number of rotatable bonds is 8. The number of carboxylic acids is 1. The van der Waals surface area contributed by atoms with Crippen LogP contribution in [0.4, 0.5) is 0 Å². The quantitative estimate of drug-likeness (QED) is 0.641. The van der Waals surface area contributed by atoms with Crippen LogP contribution in [0.5, 0.6) is 0 Å². The lowest BCUT2D eigenvalue weighted by molar-refractivity contribution is -0.137. The molecule has 5 heteroatoms. The Balaban J connectivity index is 2.33. The van der Waals surface area contributed by atoms with Gasteiger partial charge < -0.3 is 16.2 Å². The first kappa shape index (κ1) is 18.0. The van der Waals surface area contributed by atoms with Crippen LogP contribution in [0.2, 0.25) is 0 Å². The summed E-state index contributed by atoms with van der Waals surface area (Å²) in [7, 11) is 0. The van der Waals surface area contributed by atoms with Crippen molar-refractivity contribution in [2.24, 2.45) is 17.6 Å². The van der Waals surface area contributed by atoms with Gasteiger partial charge in [-0.1, -0.05) is 33.1 Å². The highest BCUT2D eigenvalue weighted by atomic mass is 16.4. The van der Waals surface area contributed by atoms with Crippen molar-refractivity contribution in [3.8, 4) is 0 Å². The van der Waals surface area contributed by atoms with Crippen LogP contribution in [-0.4, -0.2) is 29.1 Å². The van der Waals surface area contributed by atoms with Gasteiger partial charge in [0, 0.05) is 13.0 Å². The summed E-state index contributed by atoms with van der Waals surface area (Å²) in [6, 6.07) is 0. The standard InChI is InChI=1S/C16H30N2O3/c1-3-13(6-7-14(19)20)8-10-18-15(21)16(17)9-4-5-12(2)11-16/h12-13H,3-11,17H2,1-2H3,(H,18,21)(H,19,20). The van der Waals surface area contributed by atoms with Crippen LogP contribution in [0.1, 0.15) is 65.2 Å². The smallest absolute Gasteiger partial charge is 0.303 e. The van der Waals surface area contributed by atoms with Gasteiger partial charge in [-0.25, -0.2) is 0 Å². The van der Waals surface area contributed by atoms with E-state index in [1.54, 1.807) is 0 Å². The van der Waals surface area contributed by atoms with E-state index in [2.05, 4.69) is 19.2 Å². The molecule has 1 fully saturated rings. The van der Waals surface area contributed by atoms with Gasteiger partial charge >= 0.3 is 5.97 Å². The molecule has 1 aliphatic rings. The van der Waals surface area contributed by atoms with Gasteiger partial charge in [0.1, 0.15) is 0 Å². The highest BCUT2D eigenvalue weighted by molar-refractivity contribution is 5.86. The molecule has 1 amide bonds. The van der Waals surface area contributed by atoms with E-state index in [0.717, 1.165) is 38.5 Å². The van der Waals surface area contributed by atoms with Crippen LogP contribution >= 0.6 is 0 Å². The van der Waals surface area contributed by atoms with Crippen LogP contribution in [-0.2, 0) is 9.59 Å². The third kappa shape index (κ3) is 6.04. The Bertz CT molecular complexity index is 359. The fourth-order valence-electron chi connectivity index (χ4n) is 3.24. The molecule has 3 atom stereocenters. The normalized spacial score (nSPS) is 27.1. The van der Waals surface area contributed by atoms with Crippen LogP contribution in [0.3, 0.4) is 0 Å². The number of carboxylic acid groups (broad SMARTS) is 1. The zero-order chi connectivity index (χ0) is 15.9. The maximum Gasteiger partial charge on any atom is 0.303 e. The minimum Gasteiger partial charge on any atom is -0.481 e. The molecule has 21 heavy (non-hydrogen) atoms. The van der Waals surface area contributed by atoms with Crippen LogP contribution in [0, 0.1) is 11.8 Å². The predicted molar refractivity (Wildman–Crippen MR) is 82.8 cm³/mol. The summed E-state index contributed by atoms with van der Waals surface area (Å²) in [6.45, 7) is 4.79. The van der Waals surface area contributed by atoms with Crippen molar-refractivity contribution in [1.29, 1.82) is 0 Å². The Kier molecular flexibility index (Phi) is 7.15. The Morgan fingerprint density at radius 1 is 1.43 bits per heavy atom. The first-order valence-electron chi connectivity index (χ1n) is 8.16. The second kappa shape index (κ2) is 8.37. The molecule has 1 saturated carbocycles. The number of carbonyl (C=O) groups excluding carboxylic acids is 1. The van der Waals surface area contributed by atoms with Crippen molar-refractivity contribution in [1.82, 2.24) is 5.32 Å². The van der Waals surface area contributed by atoms with E-state index < -0.39 is 11.5 Å². The van der Waals surface area contributed by atoms with Crippen molar-refractivity contribution < 1.29 is 14.7 Å². The highest BCUT2D eigenvalue weighted by Gasteiger charge is 2.37. The molecule has 0 aliphatic heterocycles. The molecule has 0 saturated heterocycles. The van der Waals surface area contributed by atoms with Crippen LogP contribution in [0.25, 0.3) is 0 Å². The molecule has 0 spiro atoms. The third-order valence-corrected chi connectivity index (χ3v) is 4.67. The molecule has 1 aliphatic carbocycles. The third-order valence-electron chi connectivity index (χ3n) is 4.67. The monoisotopic (exact) mass is 298 g/mol. The maximum atomic E-state index is 12.3. The van der Waals surface area contributed by atoms with Crippen LogP contribution < -0.4 is 11.1 Å². The molecule has 0 aromatic carbocycles. The van der Waals surface area contributed by atoms with Gasteiger partial charge in [-0.2, -0.15) is 0 Å². The largest absolute Gasteiger partial charge is 0.481 e. The van der Waals surface area contributed by atoms with E-state index in [4.69, 9.17) is 10.8 Å². The summed E-state index contributed by atoms with van der Waals surface area (Å²) in [4.78, 5) is 22.9. The number of aliphatic carboxylic acids is 1. The van der Waals surface area contributed by atoms with E-state index in [-0.39, 0.29) is 12.3 Å². The molecule has 0 heterocycles. The first-order chi connectivity index (χ1) is 9.87. The summed E-state index contributed by atoms with van der Waals surface area (Å²) in [6.07, 6.45) is 6.32. The number of nitrogens with one attached hydrogen (secondary N) is 1.